The Morgan fingerprint density at radius 2 is 1.30 bits per heavy atom. The number of rotatable bonds is 12. The molecule has 0 N–H and O–H groups in total. The molecule has 1 aliphatic heterocycles. The Morgan fingerprint density at radius 3 is 1.87 bits per heavy atom. The van der Waals surface area contributed by atoms with Crippen molar-refractivity contribution in [2.75, 3.05) is 11.5 Å². The summed E-state index contributed by atoms with van der Waals surface area (Å²) in [6, 6.07) is 46.4. The topological polar surface area (TPSA) is 66.9 Å². The summed E-state index contributed by atoms with van der Waals surface area (Å²) < 4.78 is 5.42. The molecule has 0 aromatic heterocycles. The van der Waals surface area contributed by atoms with E-state index in [4.69, 9.17) is 4.74 Å². The van der Waals surface area contributed by atoms with Crippen molar-refractivity contribution in [1.82, 2.24) is 4.90 Å². The zero-order valence-electron chi connectivity index (χ0n) is 26.4. The second kappa shape index (κ2) is 14.7. The van der Waals surface area contributed by atoms with Crippen molar-refractivity contribution in [2.24, 2.45) is 5.92 Å². The van der Waals surface area contributed by atoms with Crippen LogP contribution >= 0.6 is 0 Å². The van der Waals surface area contributed by atoms with Crippen molar-refractivity contribution in [3.8, 4) is 0 Å². The average Bonchev–Trinajstić information content (AvgIpc) is 3.52. The molecule has 5 aromatic carbocycles. The molecular weight excluding hydrogens is 584 g/mol. The van der Waals surface area contributed by atoms with E-state index in [1.165, 1.54) is 11.1 Å². The number of carbonyl (C=O) groups excluding carboxylic acids is 3. The number of cyclic esters (lactones) is 1. The van der Waals surface area contributed by atoms with Crippen molar-refractivity contribution in [2.45, 2.75) is 38.4 Å². The van der Waals surface area contributed by atoms with Crippen molar-refractivity contribution in [3.05, 3.63) is 173 Å². The van der Waals surface area contributed by atoms with Gasteiger partial charge in [0.2, 0.25) is 5.91 Å². The molecule has 0 aliphatic carbocycles. The quantitative estimate of drug-likeness (QED) is 0.103. The van der Waals surface area contributed by atoms with E-state index in [9.17, 15) is 14.4 Å². The Morgan fingerprint density at radius 1 is 0.745 bits per heavy atom. The SMILES string of the molecule is CC[C@@H](c1cccc(N(Cc2ccccc2)Cc2ccccc2)c1)[C@H](C(=O)c1ccccc1)C(=O)N1C(=O)OC[C@@H]1c1ccccc1. The maximum absolute atomic E-state index is 14.6. The molecule has 1 heterocycles. The third kappa shape index (κ3) is 7.17. The predicted octanol–water partition coefficient (Wildman–Crippen LogP) is 8.61. The van der Waals surface area contributed by atoms with Gasteiger partial charge in [-0.3, -0.25) is 9.59 Å². The minimum absolute atomic E-state index is 0.0427. The number of nitrogens with zero attached hydrogens (tertiary/aromatic N) is 2. The van der Waals surface area contributed by atoms with E-state index in [0.717, 1.165) is 21.7 Å². The van der Waals surface area contributed by atoms with Crippen molar-refractivity contribution < 1.29 is 19.1 Å². The lowest BCUT2D eigenvalue weighted by atomic mass is 9.78. The van der Waals surface area contributed by atoms with Gasteiger partial charge in [-0.05, 0) is 40.8 Å². The number of carbonyl (C=O) groups is 3. The zero-order valence-corrected chi connectivity index (χ0v) is 26.4. The molecule has 0 radical (unpaired) electrons. The van der Waals surface area contributed by atoms with Crippen LogP contribution in [0, 0.1) is 5.92 Å². The van der Waals surface area contributed by atoms with Crippen LogP contribution in [0.1, 0.15) is 57.9 Å². The summed E-state index contributed by atoms with van der Waals surface area (Å²) >= 11 is 0. The number of ketones is 1. The van der Waals surface area contributed by atoms with Gasteiger partial charge in [0.15, 0.2) is 5.78 Å². The van der Waals surface area contributed by atoms with Gasteiger partial charge >= 0.3 is 6.09 Å². The Bertz CT molecular complexity index is 1750. The molecule has 3 atom stereocenters. The summed E-state index contributed by atoms with van der Waals surface area (Å²) in [6.45, 7) is 3.39. The van der Waals surface area contributed by atoms with Crippen LogP contribution in [0.15, 0.2) is 146 Å². The van der Waals surface area contributed by atoms with Crippen LogP contribution in [0.25, 0.3) is 0 Å². The van der Waals surface area contributed by atoms with Crippen LogP contribution in [0.2, 0.25) is 0 Å². The average molecular weight is 623 g/mol. The number of anilines is 1. The minimum Gasteiger partial charge on any atom is -0.446 e. The highest BCUT2D eigenvalue weighted by Gasteiger charge is 2.46. The molecule has 0 bridgehead atoms. The van der Waals surface area contributed by atoms with Gasteiger partial charge in [-0.25, -0.2) is 9.69 Å². The fraction of sp³-hybridized carbons (Fsp3) is 0.195. The number of ether oxygens (including phenoxy) is 1. The molecule has 47 heavy (non-hydrogen) atoms. The lowest BCUT2D eigenvalue weighted by Crippen LogP contribution is -2.44. The molecule has 6 nitrogen and oxygen atoms in total. The van der Waals surface area contributed by atoms with Gasteiger partial charge < -0.3 is 9.64 Å². The predicted molar refractivity (Wildman–Crippen MR) is 184 cm³/mol. The first-order chi connectivity index (χ1) is 23.0. The molecular formula is C41H38N2O4. The van der Waals surface area contributed by atoms with E-state index in [1.807, 2.05) is 91.9 Å². The zero-order chi connectivity index (χ0) is 32.6. The third-order valence-corrected chi connectivity index (χ3v) is 8.84. The monoisotopic (exact) mass is 622 g/mol. The smallest absolute Gasteiger partial charge is 0.417 e. The lowest BCUT2D eigenvalue weighted by molar-refractivity contribution is -0.132. The molecule has 1 fully saturated rings. The summed E-state index contributed by atoms with van der Waals surface area (Å²) in [4.78, 5) is 45.6. The number of hydrogen-bond donors (Lipinski definition) is 0. The maximum Gasteiger partial charge on any atom is 0.417 e. The van der Waals surface area contributed by atoms with E-state index in [0.29, 0.717) is 25.1 Å². The van der Waals surface area contributed by atoms with Gasteiger partial charge in [-0.2, -0.15) is 0 Å². The third-order valence-electron chi connectivity index (χ3n) is 8.84. The van der Waals surface area contributed by atoms with Crippen molar-refractivity contribution >= 4 is 23.5 Å². The molecule has 1 saturated heterocycles. The van der Waals surface area contributed by atoms with E-state index >= 15 is 0 Å². The number of Topliss-reactive ketones (excluding diaryl/α,β-unsaturated/α-hetero) is 1. The number of amides is 2. The van der Waals surface area contributed by atoms with Gasteiger partial charge in [-0.15, -0.1) is 0 Å². The summed E-state index contributed by atoms with van der Waals surface area (Å²) in [7, 11) is 0. The fourth-order valence-electron chi connectivity index (χ4n) is 6.45. The molecule has 0 saturated carbocycles. The standard InChI is InChI=1S/C41H38N2O4/c1-2-36(34-24-15-25-35(26-34)42(27-30-16-7-3-8-17-30)28-31-18-9-4-10-19-31)38(39(44)33-22-13-6-14-23-33)40(45)43-37(29-47-41(43)46)32-20-11-5-12-21-32/h3-26,36-38H,2,27-29H2,1H3/t36-,37+,38+/m0/s1. The molecule has 0 unspecified atom stereocenters. The first-order valence-electron chi connectivity index (χ1n) is 16.1. The summed E-state index contributed by atoms with van der Waals surface area (Å²) in [6.07, 6.45) is -0.218. The van der Waals surface area contributed by atoms with Crippen LogP contribution in [0.4, 0.5) is 10.5 Å². The van der Waals surface area contributed by atoms with Crippen LogP contribution < -0.4 is 4.90 Å². The molecule has 2 amide bonds. The first-order valence-corrected chi connectivity index (χ1v) is 16.1. The van der Waals surface area contributed by atoms with Crippen LogP contribution in [-0.4, -0.2) is 29.3 Å². The van der Waals surface area contributed by atoms with Gasteiger partial charge in [0.05, 0.1) is 0 Å². The minimum atomic E-state index is -1.13. The molecule has 6 rings (SSSR count). The Labute approximate surface area is 276 Å². The van der Waals surface area contributed by atoms with E-state index in [2.05, 4.69) is 41.3 Å². The summed E-state index contributed by atoms with van der Waals surface area (Å²) in [5.74, 6) is -2.48. The number of hydrogen-bond acceptors (Lipinski definition) is 5. The van der Waals surface area contributed by atoms with Crippen molar-refractivity contribution in [1.29, 1.82) is 0 Å². The lowest BCUT2D eigenvalue weighted by Gasteiger charge is -2.31. The molecule has 236 valence electrons. The van der Waals surface area contributed by atoms with Crippen LogP contribution in [-0.2, 0) is 22.6 Å². The van der Waals surface area contributed by atoms with Crippen molar-refractivity contribution in [3.63, 3.8) is 0 Å². The first kappa shape index (κ1) is 31.5. The van der Waals surface area contributed by atoms with Gasteiger partial charge in [0, 0.05) is 30.3 Å². The van der Waals surface area contributed by atoms with Crippen LogP contribution in [0.3, 0.4) is 0 Å². The number of imide groups is 1. The highest BCUT2D eigenvalue weighted by atomic mass is 16.6. The normalized spacial score (nSPS) is 15.5. The Balaban J connectivity index is 1.39. The van der Waals surface area contributed by atoms with E-state index < -0.39 is 29.9 Å². The number of benzene rings is 5. The fourth-order valence-corrected chi connectivity index (χ4v) is 6.45. The van der Waals surface area contributed by atoms with E-state index in [-0.39, 0.29) is 12.4 Å². The highest BCUT2D eigenvalue weighted by molar-refractivity contribution is 6.13. The second-order valence-corrected chi connectivity index (χ2v) is 11.9. The van der Waals surface area contributed by atoms with Gasteiger partial charge in [-0.1, -0.05) is 140 Å². The van der Waals surface area contributed by atoms with Gasteiger partial charge in [0.25, 0.3) is 0 Å². The highest BCUT2D eigenvalue weighted by Crippen LogP contribution is 2.38. The van der Waals surface area contributed by atoms with E-state index in [1.54, 1.807) is 24.3 Å². The Hall–Kier alpha value is -5.49. The maximum atomic E-state index is 14.6. The molecule has 0 spiro atoms. The summed E-state index contributed by atoms with van der Waals surface area (Å²) in [5.41, 5.74) is 5.40. The summed E-state index contributed by atoms with van der Waals surface area (Å²) in [5, 5.41) is 0. The molecule has 6 heteroatoms. The molecule has 1 aliphatic rings. The molecule has 5 aromatic rings. The Kier molecular flexibility index (Phi) is 9.87. The second-order valence-electron chi connectivity index (χ2n) is 11.9. The largest absolute Gasteiger partial charge is 0.446 e. The van der Waals surface area contributed by atoms with Crippen LogP contribution in [0.5, 0.6) is 0 Å². The van der Waals surface area contributed by atoms with Gasteiger partial charge in [0.1, 0.15) is 18.6 Å².